The van der Waals surface area contributed by atoms with Crippen molar-refractivity contribution in [2.75, 3.05) is 5.75 Å². The Balaban J connectivity index is 2.24. The summed E-state index contributed by atoms with van der Waals surface area (Å²) in [6.45, 7) is 6.23. The lowest BCUT2D eigenvalue weighted by molar-refractivity contribution is -0.133. The fraction of sp³-hybridized carbons (Fsp3) is 0.538. The van der Waals surface area contributed by atoms with Gasteiger partial charge in [0.05, 0.1) is 11.4 Å². The number of hydrogen-bond donors (Lipinski definition) is 1. The van der Waals surface area contributed by atoms with E-state index in [9.17, 15) is 4.79 Å². The van der Waals surface area contributed by atoms with E-state index in [4.69, 9.17) is 9.52 Å². The van der Waals surface area contributed by atoms with Gasteiger partial charge in [-0.3, -0.25) is 9.36 Å². The summed E-state index contributed by atoms with van der Waals surface area (Å²) in [4.78, 5) is 15.1. The first-order valence-corrected chi connectivity index (χ1v) is 7.69. The predicted molar refractivity (Wildman–Crippen MR) is 77.5 cm³/mol. The van der Waals surface area contributed by atoms with Crippen molar-refractivity contribution in [2.45, 2.75) is 45.3 Å². The van der Waals surface area contributed by atoms with Crippen LogP contribution in [-0.4, -0.2) is 36.6 Å². The van der Waals surface area contributed by atoms with Crippen molar-refractivity contribution in [1.82, 2.24) is 19.7 Å². The van der Waals surface area contributed by atoms with Crippen LogP contribution in [0.2, 0.25) is 0 Å². The van der Waals surface area contributed by atoms with Crippen molar-refractivity contribution in [3.8, 4) is 0 Å². The molecule has 21 heavy (non-hydrogen) atoms. The molecule has 0 spiro atoms. The molecule has 1 N–H and O–H groups in total. The van der Waals surface area contributed by atoms with E-state index in [1.54, 1.807) is 0 Å². The second-order valence-electron chi connectivity index (χ2n) is 4.67. The molecule has 0 radical (unpaired) electrons. The number of aryl methyl sites for hydroxylation is 3. The summed E-state index contributed by atoms with van der Waals surface area (Å²) >= 11 is 1.15. The molecular formula is C13H18N4O3S. The molecule has 2 rings (SSSR count). The molecule has 0 amide bonds. The molecule has 0 aliphatic heterocycles. The van der Waals surface area contributed by atoms with E-state index in [2.05, 4.69) is 22.1 Å². The first-order valence-electron chi connectivity index (χ1n) is 6.70. The Bertz CT molecular complexity index is 616. The Morgan fingerprint density at radius 1 is 1.38 bits per heavy atom. The number of hydrogen-bond acceptors (Lipinski definition) is 6. The Morgan fingerprint density at radius 2 is 2.14 bits per heavy atom. The van der Waals surface area contributed by atoms with Gasteiger partial charge in [0.15, 0.2) is 5.16 Å². The maximum atomic E-state index is 10.7. The minimum Gasteiger partial charge on any atom is -0.481 e. The van der Waals surface area contributed by atoms with Crippen LogP contribution in [0.1, 0.15) is 36.5 Å². The molecule has 0 aliphatic rings. The highest BCUT2D eigenvalue weighted by molar-refractivity contribution is 7.99. The van der Waals surface area contributed by atoms with E-state index in [1.807, 2.05) is 18.4 Å². The van der Waals surface area contributed by atoms with Crippen molar-refractivity contribution in [2.24, 2.45) is 0 Å². The van der Waals surface area contributed by atoms with E-state index in [0.717, 1.165) is 41.9 Å². The summed E-state index contributed by atoms with van der Waals surface area (Å²) < 4.78 is 7.47. The lowest BCUT2D eigenvalue weighted by atomic mass is 10.3. The zero-order valence-electron chi connectivity index (χ0n) is 12.3. The van der Waals surface area contributed by atoms with Crippen molar-refractivity contribution < 1.29 is 14.3 Å². The van der Waals surface area contributed by atoms with E-state index in [1.165, 1.54) is 0 Å². The summed E-state index contributed by atoms with van der Waals surface area (Å²) in [6.07, 6.45) is 1.71. The highest BCUT2D eigenvalue weighted by Gasteiger charge is 2.16. The molecule has 114 valence electrons. The number of aliphatic carboxylic acids is 1. The first kappa shape index (κ1) is 15.6. The van der Waals surface area contributed by atoms with Crippen molar-refractivity contribution in [1.29, 1.82) is 0 Å². The summed E-state index contributed by atoms with van der Waals surface area (Å²) in [5, 5.41) is 17.6. The second-order valence-corrected chi connectivity index (χ2v) is 5.61. The second kappa shape index (κ2) is 6.75. The highest BCUT2D eigenvalue weighted by atomic mass is 32.2. The Hall–Kier alpha value is -1.83. The smallest absolute Gasteiger partial charge is 0.313 e. The molecule has 2 aromatic rings. The molecule has 8 heteroatoms. The van der Waals surface area contributed by atoms with E-state index < -0.39 is 5.97 Å². The quantitative estimate of drug-likeness (QED) is 0.782. The van der Waals surface area contributed by atoms with E-state index in [-0.39, 0.29) is 5.75 Å². The van der Waals surface area contributed by atoms with Gasteiger partial charge in [0.25, 0.3) is 0 Å². The first-order chi connectivity index (χ1) is 10.0. The lowest BCUT2D eigenvalue weighted by Crippen LogP contribution is -2.08. The minimum absolute atomic E-state index is 0.0477. The van der Waals surface area contributed by atoms with Gasteiger partial charge in [-0.15, -0.1) is 10.2 Å². The molecular weight excluding hydrogens is 292 g/mol. The number of carbonyl (C=O) groups is 1. The Kier molecular flexibility index (Phi) is 5.00. The minimum atomic E-state index is -0.880. The van der Waals surface area contributed by atoms with Crippen LogP contribution in [-0.2, 0) is 17.8 Å². The number of oxazole rings is 1. The van der Waals surface area contributed by atoms with Crippen LogP contribution in [0.25, 0.3) is 0 Å². The number of carboxylic acids is 1. The third-order valence-electron chi connectivity index (χ3n) is 2.96. The van der Waals surface area contributed by atoms with Gasteiger partial charge >= 0.3 is 5.97 Å². The molecule has 0 bridgehead atoms. The number of aromatic nitrogens is 4. The fourth-order valence-electron chi connectivity index (χ4n) is 1.86. The van der Waals surface area contributed by atoms with Crippen LogP contribution in [0.5, 0.6) is 0 Å². The predicted octanol–water partition coefficient (Wildman–Crippen LogP) is 2.06. The molecule has 7 nitrogen and oxygen atoms in total. The molecule has 0 saturated heterocycles. The normalized spacial score (nSPS) is 11.0. The summed E-state index contributed by atoms with van der Waals surface area (Å²) in [7, 11) is 0. The van der Waals surface area contributed by atoms with E-state index >= 15 is 0 Å². The van der Waals surface area contributed by atoms with Crippen molar-refractivity contribution >= 4 is 17.7 Å². The topological polar surface area (TPSA) is 94.0 Å². The van der Waals surface area contributed by atoms with Crippen molar-refractivity contribution in [3.05, 3.63) is 23.2 Å². The van der Waals surface area contributed by atoms with Crippen LogP contribution in [0.3, 0.4) is 0 Å². The molecule has 2 aromatic heterocycles. The van der Waals surface area contributed by atoms with Gasteiger partial charge in [0.1, 0.15) is 18.1 Å². The standard InChI is InChI=1S/C13H18N4O3S/c1-4-5-10-15-16-13(21-7-12(18)19)17(10)6-11-14-8(2)9(3)20-11/h4-7H2,1-3H3,(H,18,19). The summed E-state index contributed by atoms with van der Waals surface area (Å²) in [5.41, 5.74) is 0.856. The van der Waals surface area contributed by atoms with Gasteiger partial charge in [0.2, 0.25) is 5.89 Å². The average Bonchev–Trinajstić information content (AvgIpc) is 2.93. The molecule has 0 saturated carbocycles. The third-order valence-corrected chi connectivity index (χ3v) is 3.91. The van der Waals surface area contributed by atoms with Crippen LogP contribution in [0.15, 0.2) is 9.57 Å². The fourth-order valence-corrected chi connectivity index (χ4v) is 2.54. The van der Waals surface area contributed by atoms with Crippen molar-refractivity contribution in [3.63, 3.8) is 0 Å². The molecule has 0 unspecified atom stereocenters. The average molecular weight is 310 g/mol. The molecule has 0 atom stereocenters. The molecule has 0 aliphatic carbocycles. The van der Waals surface area contributed by atoms with Gasteiger partial charge in [-0.2, -0.15) is 0 Å². The summed E-state index contributed by atoms with van der Waals surface area (Å²) in [6, 6.07) is 0. The number of thioether (sulfide) groups is 1. The van der Waals surface area contributed by atoms with E-state index in [0.29, 0.717) is 17.6 Å². The Labute approximate surface area is 126 Å². The largest absolute Gasteiger partial charge is 0.481 e. The van der Waals surface area contributed by atoms with Crippen LogP contribution in [0.4, 0.5) is 0 Å². The summed E-state index contributed by atoms with van der Waals surface area (Å²) in [5.74, 6) is 1.26. The van der Waals surface area contributed by atoms with Crippen LogP contribution >= 0.6 is 11.8 Å². The third kappa shape index (κ3) is 3.84. The zero-order chi connectivity index (χ0) is 15.4. The van der Waals surface area contributed by atoms with Gasteiger partial charge in [-0.1, -0.05) is 18.7 Å². The molecule has 2 heterocycles. The zero-order valence-corrected chi connectivity index (χ0v) is 13.1. The number of nitrogens with zero attached hydrogens (tertiary/aromatic N) is 4. The maximum Gasteiger partial charge on any atom is 0.313 e. The van der Waals surface area contributed by atoms with Crippen LogP contribution < -0.4 is 0 Å². The highest BCUT2D eigenvalue weighted by Crippen LogP contribution is 2.20. The molecule has 0 fully saturated rings. The Morgan fingerprint density at radius 3 is 2.71 bits per heavy atom. The number of rotatable bonds is 7. The lowest BCUT2D eigenvalue weighted by Gasteiger charge is -2.06. The van der Waals surface area contributed by atoms with Crippen LogP contribution in [0, 0.1) is 13.8 Å². The monoisotopic (exact) mass is 310 g/mol. The van der Waals surface area contributed by atoms with Gasteiger partial charge in [0, 0.05) is 6.42 Å². The SMILES string of the molecule is CCCc1nnc(SCC(=O)O)n1Cc1nc(C)c(C)o1. The molecule has 0 aromatic carbocycles. The number of carboxylic acid groups (broad SMARTS) is 1. The maximum absolute atomic E-state index is 10.7. The van der Waals surface area contributed by atoms with Gasteiger partial charge in [-0.05, 0) is 20.3 Å². The van der Waals surface area contributed by atoms with Gasteiger partial charge in [-0.25, -0.2) is 4.98 Å². The van der Waals surface area contributed by atoms with Gasteiger partial charge < -0.3 is 9.52 Å².